The monoisotopic (exact) mass is 562 g/mol. The Kier molecular flexibility index (Phi) is 8.49. The van der Waals surface area contributed by atoms with Crippen molar-refractivity contribution in [2.24, 2.45) is 0 Å². The number of urea groups is 1. The first-order valence-electron chi connectivity index (χ1n) is 13.5. The highest BCUT2D eigenvalue weighted by Crippen LogP contribution is 2.26. The molecule has 3 aromatic carbocycles. The number of aryl methyl sites for hydroxylation is 1. The Morgan fingerprint density at radius 1 is 0.925 bits per heavy atom. The van der Waals surface area contributed by atoms with Crippen LogP contribution in [0.5, 0.6) is 0 Å². The fourth-order valence-corrected chi connectivity index (χ4v) is 6.58. The number of nitrogens with zero attached hydrogens (tertiary/aromatic N) is 2. The molecule has 3 aromatic rings. The zero-order valence-corrected chi connectivity index (χ0v) is 23.3. The first-order chi connectivity index (χ1) is 19.3. The SMILES string of the molecule is Cc1ccc(NC(=O)N2CCN(S(=O)(=O)c3ccc(-c4ccccc4)cc3)C(C(=O)NCC3CCCO3)C2)cc1. The lowest BCUT2D eigenvalue weighted by Crippen LogP contribution is -2.62. The number of ether oxygens (including phenoxy) is 1. The average Bonchev–Trinajstić information content (AvgIpc) is 3.51. The topological polar surface area (TPSA) is 108 Å². The Morgan fingerprint density at radius 2 is 1.62 bits per heavy atom. The number of sulfonamides is 1. The number of piperazine rings is 1. The lowest BCUT2D eigenvalue weighted by Gasteiger charge is -2.39. The molecule has 2 unspecified atom stereocenters. The minimum absolute atomic E-state index is 0.0118. The Morgan fingerprint density at radius 3 is 2.30 bits per heavy atom. The van der Waals surface area contributed by atoms with Gasteiger partial charge in [-0.25, -0.2) is 13.2 Å². The van der Waals surface area contributed by atoms with Gasteiger partial charge in [0.2, 0.25) is 15.9 Å². The van der Waals surface area contributed by atoms with Crippen LogP contribution in [0.4, 0.5) is 10.5 Å². The molecule has 5 rings (SSSR count). The summed E-state index contributed by atoms with van der Waals surface area (Å²) in [7, 11) is -4.02. The third-order valence-electron chi connectivity index (χ3n) is 7.32. The third-order valence-corrected chi connectivity index (χ3v) is 9.24. The van der Waals surface area contributed by atoms with E-state index < -0.39 is 22.0 Å². The summed E-state index contributed by atoms with van der Waals surface area (Å²) >= 11 is 0. The maximum Gasteiger partial charge on any atom is 0.321 e. The third kappa shape index (κ3) is 6.35. The molecule has 9 nitrogen and oxygen atoms in total. The van der Waals surface area contributed by atoms with Crippen molar-refractivity contribution >= 4 is 27.6 Å². The molecule has 0 saturated carbocycles. The highest BCUT2D eigenvalue weighted by Gasteiger charge is 2.41. The summed E-state index contributed by atoms with van der Waals surface area (Å²) in [5.74, 6) is -0.451. The molecule has 2 N–H and O–H groups in total. The standard InChI is InChI=1S/C30H34N4O5S/c1-22-9-13-25(14-10-22)32-30(36)33-17-18-34(28(21-33)29(35)31-20-26-8-5-19-39-26)40(37,38)27-15-11-24(12-16-27)23-6-3-2-4-7-23/h2-4,6-7,9-16,26,28H,5,8,17-21H2,1H3,(H,31,35)(H,32,36). The zero-order valence-electron chi connectivity index (χ0n) is 22.5. The largest absolute Gasteiger partial charge is 0.376 e. The van der Waals surface area contributed by atoms with E-state index in [-0.39, 0.29) is 36.7 Å². The Balaban J connectivity index is 1.35. The van der Waals surface area contributed by atoms with E-state index in [0.717, 1.165) is 29.5 Å². The van der Waals surface area contributed by atoms with Gasteiger partial charge in [0.25, 0.3) is 0 Å². The highest BCUT2D eigenvalue weighted by molar-refractivity contribution is 7.89. The molecular weight excluding hydrogens is 528 g/mol. The van der Waals surface area contributed by atoms with Crippen molar-refractivity contribution in [2.75, 3.05) is 38.1 Å². The predicted molar refractivity (Wildman–Crippen MR) is 153 cm³/mol. The number of carbonyl (C=O) groups is 2. The number of nitrogens with one attached hydrogen (secondary N) is 2. The highest BCUT2D eigenvalue weighted by atomic mass is 32.2. The van der Waals surface area contributed by atoms with Crippen LogP contribution in [0.1, 0.15) is 18.4 Å². The predicted octanol–water partition coefficient (Wildman–Crippen LogP) is 3.86. The number of amides is 3. The molecule has 40 heavy (non-hydrogen) atoms. The van der Waals surface area contributed by atoms with Gasteiger partial charge in [-0.2, -0.15) is 4.31 Å². The van der Waals surface area contributed by atoms with Crippen molar-refractivity contribution in [3.8, 4) is 11.1 Å². The normalized spacial score (nSPS) is 19.8. The molecule has 0 aromatic heterocycles. The maximum atomic E-state index is 13.8. The van der Waals surface area contributed by atoms with E-state index in [2.05, 4.69) is 10.6 Å². The summed E-state index contributed by atoms with van der Waals surface area (Å²) in [4.78, 5) is 28.1. The first kappa shape index (κ1) is 27.8. The molecule has 0 aliphatic carbocycles. The van der Waals surface area contributed by atoms with Crippen molar-refractivity contribution < 1.29 is 22.7 Å². The number of hydrogen-bond acceptors (Lipinski definition) is 5. The minimum Gasteiger partial charge on any atom is -0.376 e. The fraction of sp³-hybridized carbons (Fsp3) is 0.333. The molecule has 2 aliphatic rings. The van der Waals surface area contributed by atoms with Crippen LogP contribution in [0, 0.1) is 6.92 Å². The van der Waals surface area contributed by atoms with Crippen LogP contribution in [-0.4, -0.2) is 74.5 Å². The molecule has 2 saturated heterocycles. The Labute approximate surface area is 235 Å². The molecule has 210 valence electrons. The van der Waals surface area contributed by atoms with Gasteiger partial charge in [-0.1, -0.05) is 60.2 Å². The summed E-state index contributed by atoms with van der Waals surface area (Å²) in [5, 5.41) is 5.71. The van der Waals surface area contributed by atoms with E-state index >= 15 is 0 Å². The van der Waals surface area contributed by atoms with E-state index in [4.69, 9.17) is 4.74 Å². The molecule has 2 fully saturated rings. The number of benzene rings is 3. The fourth-order valence-electron chi connectivity index (χ4n) is 5.01. The quantitative estimate of drug-likeness (QED) is 0.455. The van der Waals surface area contributed by atoms with Crippen molar-refractivity contribution in [3.05, 3.63) is 84.4 Å². The number of carbonyl (C=O) groups excluding carboxylic acids is 2. The second kappa shape index (κ2) is 12.2. The summed E-state index contributed by atoms with van der Waals surface area (Å²) in [6.07, 6.45) is 1.67. The van der Waals surface area contributed by atoms with Gasteiger partial charge in [-0.15, -0.1) is 0 Å². The van der Waals surface area contributed by atoms with Crippen LogP contribution in [0.3, 0.4) is 0 Å². The second-order valence-corrected chi connectivity index (χ2v) is 12.0. The lowest BCUT2D eigenvalue weighted by molar-refractivity contribution is -0.126. The van der Waals surface area contributed by atoms with Crippen molar-refractivity contribution in [1.29, 1.82) is 0 Å². The van der Waals surface area contributed by atoms with Gasteiger partial charge >= 0.3 is 6.03 Å². The number of rotatable bonds is 7. The zero-order chi connectivity index (χ0) is 28.1. The summed E-state index contributed by atoms with van der Waals surface area (Å²) in [5.41, 5.74) is 3.56. The molecular formula is C30H34N4O5S. The summed E-state index contributed by atoms with van der Waals surface area (Å²) < 4.78 is 34.5. The van der Waals surface area contributed by atoms with Crippen LogP contribution < -0.4 is 10.6 Å². The van der Waals surface area contributed by atoms with Gasteiger partial charge in [0, 0.05) is 38.5 Å². The molecule has 0 spiro atoms. The van der Waals surface area contributed by atoms with Gasteiger partial charge in [0.1, 0.15) is 6.04 Å². The van der Waals surface area contributed by atoms with Gasteiger partial charge in [-0.3, -0.25) is 4.79 Å². The van der Waals surface area contributed by atoms with E-state index in [1.807, 2.05) is 49.4 Å². The molecule has 10 heteroatoms. The first-order valence-corrected chi connectivity index (χ1v) is 14.9. The number of hydrogen-bond donors (Lipinski definition) is 2. The van der Waals surface area contributed by atoms with Gasteiger partial charge in [-0.05, 0) is 55.2 Å². The summed E-state index contributed by atoms with van der Waals surface area (Å²) in [6.45, 7) is 2.97. The van der Waals surface area contributed by atoms with Crippen molar-refractivity contribution in [2.45, 2.75) is 36.8 Å². The van der Waals surface area contributed by atoms with Crippen molar-refractivity contribution in [1.82, 2.24) is 14.5 Å². The summed E-state index contributed by atoms with van der Waals surface area (Å²) in [6, 6.07) is 22.3. The molecule has 0 bridgehead atoms. The number of anilines is 1. The van der Waals surface area contributed by atoms with Gasteiger partial charge in [0.15, 0.2) is 0 Å². The van der Waals surface area contributed by atoms with E-state index in [1.54, 1.807) is 36.4 Å². The smallest absolute Gasteiger partial charge is 0.321 e. The molecule has 3 amide bonds. The van der Waals surface area contributed by atoms with Crippen LogP contribution in [0.25, 0.3) is 11.1 Å². The van der Waals surface area contributed by atoms with Crippen LogP contribution in [0.15, 0.2) is 83.8 Å². The Bertz CT molecular complexity index is 1420. The van der Waals surface area contributed by atoms with Gasteiger partial charge < -0.3 is 20.3 Å². The minimum atomic E-state index is -4.02. The second-order valence-electron chi connectivity index (χ2n) is 10.1. The molecule has 0 radical (unpaired) electrons. The Hall–Kier alpha value is -3.73. The average molecular weight is 563 g/mol. The molecule has 2 heterocycles. The van der Waals surface area contributed by atoms with Crippen LogP contribution >= 0.6 is 0 Å². The molecule has 2 atom stereocenters. The maximum absolute atomic E-state index is 13.8. The molecule has 2 aliphatic heterocycles. The van der Waals surface area contributed by atoms with E-state index in [1.165, 1.54) is 9.21 Å². The van der Waals surface area contributed by atoms with Crippen LogP contribution in [-0.2, 0) is 19.6 Å². The van der Waals surface area contributed by atoms with E-state index in [9.17, 15) is 18.0 Å². The van der Waals surface area contributed by atoms with Crippen LogP contribution in [0.2, 0.25) is 0 Å². The van der Waals surface area contributed by atoms with E-state index in [0.29, 0.717) is 18.8 Å². The van der Waals surface area contributed by atoms with Gasteiger partial charge in [0.05, 0.1) is 11.0 Å². The lowest BCUT2D eigenvalue weighted by atomic mass is 10.1. The van der Waals surface area contributed by atoms with Crippen molar-refractivity contribution in [3.63, 3.8) is 0 Å².